The Hall–Kier alpha value is -5.35. The van der Waals surface area contributed by atoms with Gasteiger partial charge in [0.25, 0.3) is 0 Å². The molecule has 0 aliphatic heterocycles. The van der Waals surface area contributed by atoms with Gasteiger partial charge in [0.1, 0.15) is 17.9 Å². The molecule has 14 N–H and O–H groups in total. The maximum absolute atomic E-state index is 14.0. The van der Waals surface area contributed by atoms with E-state index in [9.17, 15) is 27.6 Å². The molecule has 17 heteroatoms. The standard InChI is InChI=1S/C31H45N9O3.C2HF3O2/c32-23-14-10-20(11-15-23)18-26(30(43)39-25(28(35)41)7-4-16-38-31(36)37)40-29(42)24(21-5-2-1-3-6-21)17-19-8-12-22(13-9-19)27(33)34;3-2(4,5)1(6)7/h8-15,21,24-26H,1-7,16-18,32H2,(H3,33,34)(H2,35,41)(H,39,43)(H,40,42)(H4,36,37,38);(H,6,7)/t24?,25-,26-;/m0./s1. The van der Waals surface area contributed by atoms with E-state index < -0.39 is 36.0 Å². The van der Waals surface area contributed by atoms with Crippen LogP contribution in [0.5, 0.6) is 0 Å². The van der Waals surface area contributed by atoms with E-state index in [4.69, 9.17) is 44.0 Å². The van der Waals surface area contributed by atoms with Gasteiger partial charge in [0.2, 0.25) is 17.7 Å². The number of nitrogens with zero attached hydrogens (tertiary/aromatic N) is 1. The van der Waals surface area contributed by atoms with E-state index in [1.807, 2.05) is 12.1 Å². The van der Waals surface area contributed by atoms with E-state index in [0.29, 0.717) is 24.1 Å². The number of aliphatic imine (C=N–C) groups is 1. The highest BCUT2D eigenvalue weighted by molar-refractivity contribution is 5.95. The molecule has 3 atom stereocenters. The summed E-state index contributed by atoms with van der Waals surface area (Å²) in [6.07, 6.45) is 1.35. The minimum atomic E-state index is -5.08. The molecule has 50 heavy (non-hydrogen) atoms. The second-order valence-corrected chi connectivity index (χ2v) is 12.0. The number of halogens is 3. The van der Waals surface area contributed by atoms with Crippen molar-refractivity contribution in [1.82, 2.24) is 10.6 Å². The Bertz CT molecular complexity index is 1480. The first-order chi connectivity index (χ1) is 23.5. The molecule has 14 nitrogen and oxygen atoms in total. The number of alkyl halides is 3. The summed E-state index contributed by atoms with van der Waals surface area (Å²) in [7, 11) is 0. The molecule has 0 saturated heterocycles. The van der Waals surface area contributed by atoms with Gasteiger partial charge in [-0.05, 0) is 61.3 Å². The zero-order valence-electron chi connectivity index (χ0n) is 27.5. The van der Waals surface area contributed by atoms with Crippen LogP contribution in [-0.2, 0) is 32.0 Å². The van der Waals surface area contributed by atoms with Crippen molar-refractivity contribution in [3.05, 3.63) is 65.2 Å². The number of amidine groups is 1. The maximum Gasteiger partial charge on any atom is 0.490 e. The van der Waals surface area contributed by atoms with Gasteiger partial charge in [-0.2, -0.15) is 13.2 Å². The summed E-state index contributed by atoms with van der Waals surface area (Å²) in [5.74, 6) is -4.46. The Morgan fingerprint density at radius 1 is 0.840 bits per heavy atom. The number of hydrogen-bond acceptors (Lipinski definition) is 7. The van der Waals surface area contributed by atoms with Crippen molar-refractivity contribution < 1.29 is 37.5 Å². The van der Waals surface area contributed by atoms with E-state index in [1.165, 1.54) is 0 Å². The number of nitrogen functional groups attached to an aromatic ring is 2. The molecule has 3 rings (SSSR count). The predicted octanol–water partition coefficient (Wildman–Crippen LogP) is 1.68. The van der Waals surface area contributed by atoms with Crippen molar-refractivity contribution >= 4 is 41.2 Å². The molecular formula is C33H46F3N9O5. The average Bonchev–Trinajstić information content (AvgIpc) is 3.05. The molecule has 1 saturated carbocycles. The smallest absolute Gasteiger partial charge is 0.475 e. The number of carboxylic acids is 1. The largest absolute Gasteiger partial charge is 0.490 e. The molecule has 0 bridgehead atoms. The molecule has 274 valence electrons. The average molecular weight is 706 g/mol. The molecule has 2 aromatic rings. The summed E-state index contributed by atoms with van der Waals surface area (Å²) in [6.45, 7) is 0.282. The number of guanidine groups is 1. The molecule has 0 heterocycles. The van der Waals surface area contributed by atoms with Crippen molar-refractivity contribution in [2.45, 2.75) is 76.0 Å². The van der Waals surface area contributed by atoms with Crippen LogP contribution in [0.25, 0.3) is 0 Å². The van der Waals surface area contributed by atoms with Crippen molar-refractivity contribution in [2.75, 3.05) is 12.3 Å². The zero-order chi connectivity index (χ0) is 37.4. The lowest BCUT2D eigenvalue weighted by atomic mass is 9.76. The molecular weight excluding hydrogens is 659 g/mol. The third-order valence-electron chi connectivity index (χ3n) is 8.18. The lowest BCUT2D eigenvalue weighted by Gasteiger charge is -2.31. The van der Waals surface area contributed by atoms with Gasteiger partial charge >= 0.3 is 12.1 Å². The second-order valence-electron chi connectivity index (χ2n) is 12.0. The Labute approximate surface area is 287 Å². The number of carbonyl (C=O) groups excluding carboxylic acids is 3. The molecule has 0 radical (unpaired) electrons. The molecule has 0 spiro atoms. The first-order valence-corrected chi connectivity index (χ1v) is 16.0. The highest BCUT2D eigenvalue weighted by Gasteiger charge is 2.38. The first-order valence-electron chi connectivity index (χ1n) is 16.0. The number of benzene rings is 2. The van der Waals surface area contributed by atoms with Crippen LogP contribution >= 0.6 is 0 Å². The van der Waals surface area contributed by atoms with Crippen LogP contribution in [0.4, 0.5) is 18.9 Å². The molecule has 3 amide bonds. The summed E-state index contributed by atoms with van der Waals surface area (Å²) in [4.78, 5) is 52.6. The molecule has 1 unspecified atom stereocenters. The Kier molecular flexibility index (Phi) is 16.0. The van der Waals surface area contributed by atoms with Crippen LogP contribution in [0.2, 0.25) is 0 Å². The van der Waals surface area contributed by atoms with Crippen LogP contribution < -0.4 is 39.3 Å². The van der Waals surface area contributed by atoms with Crippen molar-refractivity contribution in [2.24, 2.45) is 39.8 Å². The van der Waals surface area contributed by atoms with Gasteiger partial charge in [-0.1, -0.05) is 55.7 Å². The van der Waals surface area contributed by atoms with Gasteiger partial charge in [-0.3, -0.25) is 24.8 Å². The number of carbonyl (C=O) groups is 4. The van der Waals surface area contributed by atoms with E-state index in [1.54, 1.807) is 36.4 Å². The van der Waals surface area contributed by atoms with Crippen molar-refractivity contribution in [3.63, 3.8) is 0 Å². The van der Waals surface area contributed by atoms with Gasteiger partial charge in [0.05, 0.1) is 0 Å². The normalized spacial score (nSPS) is 14.9. The van der Waals surface area contributed by atoms with Gasteiger partial charge < -0.3 is 44.4 Å². The third kappa shape index (κ3) is 14.4. The number of anilines is 1. The lowest BCUT2D eigenvalue weighted by molar-refractivity contribution is -0.192. The summed E-state index contributed by atoms with van der Waals surface area (Å²) in [6, 6.07) is 12.5. The van der Waals surface area contributed by atoms with Crippen LogP contribution in [0, 0.1) is 17.2 Å². The molecule has 1 aliphatic rings. The lowest BCUT2D eigenvalue weighted by Crippen LogP contribution is -2.55. The monoisotopic (exact) mass is 705 g/mol. The number of aliphatic carboxylic acids is 1. The SMILES string of the molecule is N=C(N)c1ccc(CC(C(=O)N[C@@H](Cc2ccc(N)cc2)C(=O)N[C@@H](CCCN=C(N)N)C(N)=O)C2CCCCC2)cc1.O=C(O)C(F)(F)F. The van der Waals surface area contributed by atoms with Crippen molar-refractivity contribution in [1.29, 1.82) is 5.41 Å². The Balaban J connectivity index is 0.00000112. The van der Waals surface area contributed by atoms with Crippen molar-refractivity contribution in [3.8, 4) is 0 Å². The second kappa shape index (κ2) is 19.6. The van der Waals surface area contributed by atoms with E-state index >= 15 is 0 Å². The van der Waals surface area contributed by atoms with Gasteiger partial charge in [-0.25, -0.2) is 4.79 Å². The number of carboxylic acid groups (broad SMARTS) is 1. The van der Waals surface area contributed by atoms with Gasteiger partial charge in [0.15, 0.2) is 5.96 Å². The summed E-state index contributed by atoms with van der Waals surface area (Å²) in [5, 5.41) is 20.5. The fourth-order valence-corrected chi connectivity index (χ4v) is 5.52. The molecule has 1 fully saturated rings. The highest BCUT2D eigenvalue weighted by atomic mass is 19.4. The van der Waals surface area contributed by atoms with E-state index in [2.05, 4.69) is 15.6 Å². The Morgan fingerprint density at radius 3 is 1.86 bits per heavy atom. The predicted molar refractivity (Wildman–Crippen MR) is 182 cm³/mol. The van der Waals surface area contributed by atoms with Crippen LogP contribution in [0.15, 0.2) is 53.5 Å². The summed E-state index contributed by atoms with van der Waals surface area (Å²) < 4.78 is 31.7. The number of primary amides is 1. The fourth-order valence-electron chi connectivity index (χ4n) is 5.52. The molecule has 0 aromatic heterocycles. The van der Waals surface area contributed by atoms with Crippen LogP contribution in [0.3, 0.4) is 0 Å². The number of hydrogen-bond donors (Lipinski definition) is 9. The maximum atomic E-state index is 14.0. The minimum Gasteiger partial charge on any atom is -0.475 e. The number of rotatable bonds is 15. The molecule has 1 aliphatic carbocycles. The van der Waals surface area contributed by atoms with E-state index in [-0.39, 0.29) is 48.9 Å². The number of nitrogens with two attached hydrogens (primary N) is 5. The van der Waals surface area contributed by atoms with E-state index in [0.717, 1.165) is 43.2 Å². The summed E-state index contributed by atoms with van der Waals surface area (Å²) in [5.41, 5.74) is 30.7. The number of nitrogens with one attached hydrogen (secondary N) is 3. The third-order valence-corrected chi connectivity index (χ3v) is 8.18. The Morgan fingerprint density at radius 2 is 1.36 bits per heavy atom. The quantitative estimate of drug-likeness (QED) is 0.0563. The van der Waals surface area contributed by atoms with Gasteiger partial charge in [0, 0.05) is 30.1 Å². The highest BCUT2D eigenvalue weighted by Crippen LogP contribution is 2.32. The molecule has 2 aromatic carbocycles. The topological polar surface area (TPSA) is 279 Å². The number of amides is 3. The fraction of sp³-hybridized carbons (Fsp3) is 0.455. The van der Waals surface area contributed by atoms with Crippen LogP contribution in [-0.4, -0.2) is 65.4 Å². The summed E-state index contributed by atoms with van der Waals surface area (Å²) >= 11 is 0. The van der Waals surface area contributed by atoms with Crippen LogP contribution in [0.1, 0.15) is 61.6 Å². The zero-order valence-corrected chi connectivity index (χ0v) is 27.5. The van der Waals surface area contributed by atoms with Gasteiger partial charge in [-0.15, -0.1) is 0 Å². The minimum absolute atomic E-state index is 0.0184. The first kappa shape index (κ1) is 40.8.